The van der Waals surface area contributed by atoms with Crippen molar-refractivity contribution in [3.8, 4) is 5.75 Å². The van der Waals surface area contributed by atoms with Gasteiger partial charge in [0.25, 0.3) is 5.91 Å². The van der Waals surface area contributed by atoms with Crippen molar-refractivity contribution < 1.29 is 9.53 Å². The van der Waals surface area contributed by atoms with Gasteiger partial charge in [0.05, 0.1) is 24.0 Å². The largest absolute Gasteiger partial charge is 0.497 e. The Kier molecular flexibility index (Phi) is 4.49. The standard InChI is InChI=1S/C15H15IN2O2/c1-9-4-3-5-11(14(9)16)15(19)18-13-8-10(20-2)6-7-12(13)17/h3-8H,17H2,1-2H3,(H,18,19). The van der Waals surface area contributed by atoms with E-state index < -0.39 is 0 Å². The highest BCUT2D eigenvalue weighted by atomic mass is 127. The summed E-state index contributed by atoms with van der Waals surface area (Å²) in [7, 11) is 1.57. The zero-order valence-corrected chi connectivity index (χ0v) is 13.4. The van der Waals surface area contributed by atoms with Crippen molar-refractivity contribution in [2.24, 2.45) is 0 Å². The third kappa shape index (κ3) is 3.04. The number of nitrogens with one attached hydrogen (secondary N) is 1. The Hall–Kier alpha value is -1.76. The molecule has 104 valence electrons. The predicted octanol–water partition coefficient (Wildman–Crippen LogP) is 3.44. The van der Waals surface area contributed by atoms with Gasteiger partial charge in [0.15, 0.2) is 0 Å². The number of aryl methyl sites for hydroxylation is 1. The van der Waals surface area contributed by atoms with Gasteiger partial charge in [0.1, 0.15) is 5.75 Å². The third-order valence-corrected chi connectivity index (χ3v) is 4.38. The van der Waals surface area contributed by atoms with Gasteiger partial charge in [-0.15, -0.1) is 0 Å². The lowest BCUT2D eigenvalue weighted by molar-refractivity contribution is 0.102. The maximum Gasteiger partial charge on any atom is 0.256 e. The van der Waals surface area contributed by atoms with Crippen LogP contribution in [0, 0.1) is 10.5 Å². The molecule has 0 aliphatic carbocycles. The first kappa shape index (κ1) is 14.6. The molecular weight excluding hydrogens is 367 g/mol. The van der Waals surface area contributed by atoms with Crippen molar-refractivity contribution >= 4 is 39.9 Å². The van der Waals surface area contributed by atoms with Gasteiger partial charge in [-0.25, -0.2) is 0 Å². The number of hydrogen-bond acceptors (Lipinski definition) is 3. The van der Waals surface area contributed by atoms with Crippen molar-refractivity contribution in [2.75, 3.05) is 18.2 Å². The van der Waals surface area contributed by atoms with E-state index in [0.717, 1.165) is 9.13 Å². The molecule has 3 N–H and O–H groups in total. The van der Waals surface area contributed by atoms with Crippen LogP contribution in [0.3, 0.4) is 0 Å². The van der Waals surface area contributed by atoms with Crippen LogP contribution in [0.25, 0.3) is 0 Å². The van der Waals surface area contributed by atoms with Gasteiger partial charge in [0.2, 0.25) is 0 Å². The van der Waals surface area contributed by atoms with E-state index in [1.807, 2.05) is 19.1 Å². The zero-order chi connectivity index (χ0) is 14.7. The number of nitrogen functional groups attached to an aromatic ring is 1. The lowest BCUT2D eigenvalue weighted by atomic mass is 10.1. The van der Waals surface area contributed by atoms with Crippen molar-refractivity contribution in [2.45, 2.75) is 6.92 Å². The number of amides is 1. The quantitative estimate of drug-likeness (QED) is 0.632. The van der Waals surface area contributed by atoms with Gasteiger partial charge in [-0.3, -0.25) is 4.79 Å². The Balaban J connectivity index is 2.30. The van der Waals surface area contributed by atoms with Crippen LogP contribution in [-0.2, 0) is 0 Å². The van der Waals surface area contributed by atoms with Crippen molar-refractivity contribution in [1.82, 2.24) is 0 Å². The number of rotatable bonds is 3. The number of hydrogen-bond donors (Lipinski definition) is 2. The molecule has 1 amide bonds. The fraction of sp³-hybridized carbons (Fsp3) is 0.133. The summed E-state index contributed by atoms with van der Waals surface area (Å²) in [5.41, 5.74) is 8.61. The molecular formula is C15H15IN2O2. The first-order chi connectivity index (χ1) is 9.52. The number of halogens is 1. The van der Waals surface area contributed by atoms with Crippen LogP contribution < -0.4 is 15.8 Å². The fourth-order valence-corrected chi connectivity index (χ4v) is 2.39. The van der Waals surface area contributed by atoms with E-state index in [4.69, 9.17) is 10.5 Å². The van der Waals surface area contributed by atoms with Crippen LogP contribution in [0.1, 0.15) is 15.9 Å². The van der Waals surface area contributed by atoms with Crippen LogP contribution in [0.5, 0.6) is 5.75 Å². The maximum atomic E-state index is 12.3. The zero-order valence-electron chi connectivity index (χ0n) is 11.2. The van der Waals surface area contributed by atoms with E-state index in [9.17, 15) is 4.79 Å². The molecule has 0 aromatic heterocycles. The van der Waals surface area contributed by atoms with Crippen molar-refractivity contribution in [3.63, 3.8) is 0 Å². The average Bonchev–Trinajstić information content (AvgIpc) is 2.44. The number of methoxy groups -OCH3 is 1. The smallest absolute Gasteiger partial charge is 0.256 e. The predicted molar refractivity (Wildman–Crippen MR) is 89.3 cm³/mol. The molecule has 0 unspecified atom stereocenters. The first-order valence-electron chi connectivity index (χ1n) is 6.03. The van der Waals surface area contributed by atoms with Gasteiger partial charge >= 0.3 is 0 Å². The van der Waals surface area contributed by atoms with Gasteiger partial charge < -0.3 is 15.8 Å². The minimum atomic E-state index is -0.182. The molecule has 2 aromatic rings. The van der Waals surface area contributed by atoms with Crippen LogP contribution in [0.2, 0.25) is 0 Å². The molecule has 0 atom stereocenters. The van der Waals surface area contributed by atoms with Crippen LogP contribution in [0.15, 0.2) is 36.4 Å². The van der Waals surface area contributed by atoms with Crippen LogP contribution in [0.4, 0.5) is 11.4 Å². The summed E-state index contributed by atoms with van der Waals surface area (Å²) in [6.45, 7) is 1.97. The van der Waals surface area contributed by atoms with E-state index in [1.165, 1.54) is 0 Å². The second-order valence-electron chi connectivity index (χ2n) is 4.34. The molecule has 0 radical (unpaired) electrons. The summed E-state index contributed by atoms with van der Waals surface area (Å²) in [6.07, 6.45) is 0. The number of ether oxygens (including phenoxy) is 1. The Morgan fingerprint density at radius 1 is 1.30 bits per heavy atom. The summed E-state index contributed by atoms with van der Waals surface area (Å²) in [5.74, 6) is 0.464. The molecule has 20 heavy (non-hydrogen) atoms. The van der Waals surface area contributed by atoms with Crippen LogP contribution in [-0.4, -0.2) is 13.0 Å². The van der Waals surface area contributed by atoms with Gasteiger partial charge in [-0.1, -0.05) is 12.1 Å². The normalized spacial score (nSPS) is 10.2. The molecule has 0 heterocycles. The molecule has 0 fully saturated rings. The molecule has 0 aliphatic heterocycles. The van der Waals surface area contributed by atoms with Gasteiger partial charge in [0, 0.05) is 9.64 Å². The lowest BCUT2D eigenvalue weighted by Gasteiger charge is -2.11. The number of nitrogens with two attached hydrogens (primary N) is 1. The number of carbonyl (C=O) groups excluding carboxylic acids is 1. The van der Waals surface area contributed by atoms with Gasteiger partial charge in [-0.05, 0) is 53.3 Å². The number of carbonyl (C=O) groups is 1. The summed E-state index contributed by atoms with van der Waals surface area (Å²) in [5, 5.41) is 2.82. The van der Waals surface area contributed by atoms with E-state index in [0.29, 0.717) is 22.7 Å². The average molecular weight is 382 g/mol. The summed E-state index contributed by atoms with van der Waals surface area (Å²) in [4.78, 5) is 12.3. The third-order valence-electron chi connectivity index (χ3n) is 2.95. The lowest BCUT2D eigenvalue weighted by Crippen LogP contribution is -2.15. The van der Waals surface area contributed by atoms with Crippen molar-refractivity contribution in [1.29, 1.82) is 0 Å². The molecule has 0 bridgehead atoms. The first-order valence-corrected chi connectivity index (χ1v) is 7.10. The van der Waals surface area contributed by atoms with E-state index in [2.05, 4.69) is 27.9 Å². The summed E-state index contributed by atoms with van der Waals surface area (Å²) in [6, 6.07) is 10.8. The highest BCUT2D eigenvalue weighted by Crippen LogP contribution is 2.26. The number of benzene rings is 2. The Labute approximate surface area is 131 Å². The second kappa shape index (κ2) is 6.13. The van der Waals surface area contributed by atoms with E-state index in [-0.39, 0.29) is 5.91 Å². The molecule has 0 saturated carbocycles. The highest BCUT2D eigenvalue weighted by Gasteiger charge is 2.13. The van der Waals surface area contributed by atoms with E-state index in [1.54, 1.807) is 31.4 Å². The highest BCUT2D eigenvalue weighted by molar-refractivity contribution is 14.1. The SMILES string of the molecule is COc1ccc(N)c(NC(=O)c2cccc(C)c2I)c1. The maximum absolute atomic E-state index is 12.3. The summed E-state index contributed by atoms with van der Waals surface area (Å²) < 4.78 is 6.07. The Morgan fingerprint density at radius 3 is 2.75 bits per heavy atom. The molecule has 2 rings (SSSR count). The molecule has 4 nitrogen and oxygen atoms in total. The molecule has 2 aromatic carbocycles. The molecule has 0 spiro atoms. The second-order valence-corrected chi connectivity index (χ2v) is 5.42. The van der Waals surface area contributed by atoms with Crippen LogP contribution >= 0.6 is 22.6 Å². The summed E-state index contributed by atoms with van der Waals surface area (Å²) >= 11 is 2.17. The molecule has 0 aliphatic rings. The molecule has 5 heteroatoms. The Morgan fingerprint density at radius 2 is 2.05 bits per heavy atom. The van der Waals surface area contributed by atoms with Gasteiger partial charge in [-0.2, -0.15) is 0 Å². The monoisotopic (exact) mass is 382 g/mol. The fourth-order valence-electron chi connectivity index (χ4n) is 1.78. The topological polar surface area (TPSA) is 64.3 Å². The minimum absolute atomic E-state index is 0.182. The minimum Gasteiger partial charge on any atom is -0.497 e. The number of anilines is 2. The Bertz CT molecular complexity index is 656. The van der Waals surface area contributed by atoms with Crippen molar-refractivity contribution in [3.05, 3.63) is 51.1 Å². The van der Waals surface area contributed by atoms with E-state index >= 15 is 0 Å². The molecule has 0 saturated heterocycles.